The molecule has 0 fully saturated rings. The SMILES string of the molecule is CC1(C)COc2nc(-c3ccccc3)c3sc4c(ncn5ncnc45)c3c2C1. The Morgan fingerprint density at radius 2 is 1.96 bits per heavy atom. The van der Waals surface area contributed by atoms with Crippen LogP contribution in [0.2, 0.25) is 0 Å². The lowest BCUT2D eigenvalue weighted by molar-refractivity contribution is 0.150. The summed E-state index contributed by atoms with van der Waals surface area (Å²) in [6.45, 7) is 5.12. The largest absolute Gasteiger partial charge is 0.477 e. The maximum Gasteiger partial charge on any atom is 0.217 e. The van der Waals surface area contributed by atoms with Crippen molar-refractivity contribution >= 4 is 37.3 Å². The van der Waals surface area contributed by atoms with Crippen LogP contribution in [0.1, 0.15) is 19.4 Å². The Bertz CT molecular complexity index is 1370. The van der Waals surface area contributed by atoms with Gasteiger partial charge in [-0.05, 0) is 6.42 Å². The standard InChI is InChI=1S/C21H17N5OS/c1-21(2)8-13-14-16-18(19-22-10-24-26(19)11-23-16)28-17(14)15(25-20(13)27-9-21)12-6-4-3-5-7-12/h3-7,10-11H,8-9H2,1-2H3. The monoisotopic (exact) mass is 387 g/mol. The summed E-state index contributed by atoms with van der Waals surface area (Å²) in [7, 11) is 0. The maximum absolute atomic E-state index is 6.13. The first-order chi connectivity index (χ1) is 13.6. The van der Waals surface area contributed by atoms with Gasteiger partial charge in [0.05, 0.1) is 27.2 Å². The minimum atomic E-state index is 0.0586. The van der Waals surface area contributed by atoms with Crippen LogP contribution in [-0.4, -0.2) is 31.2 Å². The molecule has 0 amide bonds. The molecule has 6 rings (SSSR count). The van der Waals surface area contributed by atoms with E-state index in [0.29, 0.717) is 6.61 Å². The number of ether oxygens (including phenoxy) is 1. The lowest BCUT2D eigenvalue weighted by Gasteiger charge is -2.31. The van der Waals surface area contributed by atoms with Gasteiger partial charge in [0.15, 0.2) is 5.65 Å². The molecule has 0 aliphatic carbocycles. The normalized spacial score (nSPS) is 15.8. The van der Waals surface area contributed by atoms with Gasteiger partial charge in [0, 0.05) is 21.9 Å². The molecule has 5 heterocycles. The fourth-order valence-corrected chi connectivity index (χ4v) is 5.22. The number of hydrogen-bond donors (Lipinski definition) is 0. The van der Waals surface area contributed by atoms with E-state index >= 15 is 0 Å². The van der Waals surface area contributed by atoms with Crippen LogP contribution in [0, 0.1) is 5.41 Å². The summed E-state index contributed by atoms with van der Waals surface area (Å²) < 4.78 is 10.0. The molecule has 1 aliphatic heterocycles. The first-order valence-electron chi connectivity index (χ1n) is 9.22. The second-order valence-corrected chi connectivity index (χ2v) is 9.02. The molecule has 1 aliphatic rings. The average Bonchev–Trinajstić information content (AvgIpc) is 3.32. The Labute approximate surface area is 164 Å². The zero-order chi connectivity index (χ0) is 18.9. The average molecular weight is 387 g/mol. The highest BCUT2D eigenvalue weighted by atomic mass is 32.1. The number of benzene rings is 1. The molecule has 0 spiro atoms. The molecule has 0 saturated heterocycles. The Balaban J connectivity index is 1.80. The van der Waals surface area contributed by atoms with Crippen LogP contribution in [0.3, 0.4) is 0 Å². The number of aromatic nitrogens is 5. The lowest BCUT2D eigenvalue weighted by atomic mass is 9.84. The van der Waals surface area contributed by atoms with Gasteiger partial charge >= 0.3 is 0 Å². The zero-order valence-corrected chi connectivity index (χ0v) is 16.3. The predicted octanol–water partition coefficient (Wildman–Crippen LogP) is 4.52. The first kappa shape index (κ1) is 15.9. The predicted molar refractivity (Wildman–Crippen MR) is 110 cm³/mol. The van der Waals surface area contributed by atoms with E-state index in [1.165, 1.54) is 0 Å². The van der Waals surface area contributed by atoms with E-state index in [4.69, 9.17) is 14.7 Å². The van der Waals surface area contributed by atoms with Crippen LogP contribution >= 0.6 is 11.3 Å². The molecular formula is C21H17N5OS. The summed E-state index contributed by atoms with van der Waals surface area (Å²) in [5.74, 6) is 0.730. The van der Waals surface area contributed by atoms with Gasteiger partial charge in [0.1, 0.15) is 12.7 Å². The fraction of sp³-hybridized carbons (Fsp3) is 0.238. The van der Waals surface area contributed by atoms with Gasteiger partial charge < -0.3 is 4.74 Å². The van der Waals surface area contributed by atoms with Gasteiger partial charge in [-0.2, -0.15) is 5.10 Å². The van der Waals surface area contributed by atoms with Gasteiger partial charge in [-0.1, -0.05) is 44.2 Å². The Morgan fingerprint density at radius 1 is 1.11 bits per heavy atom. The van der Waals surface area contributed by atoms with Crippen molar-refractivity contribution in [2.24, 2.45) is 5.41 Å². The van der Waals surface area contributed by atoms with E-state index in [1.807, 2.05) is 18.2 Å². The molecule has 1 aromatic carbocycles. The fourth-order valence-electron chi connectivity index (χ4n) is 3.95. The summed E-state index contributed by atoms with van der Waals surface area (Å²) in [6.07, 6.45) is 4.21. The van der Waals surface area contributed by atoms with E-state index in [-0.39, 0.29) is 5.41 Å². The molecule has 0 unspecified atom stereocenters. The summed E-state index contributed by atoms with van der Waals surface area (Å²) in [6, 6.07) is 10.3. The Morgan fingerprint density at radius 3 is 2.82 bits per heavy atom. The van der Waals surface area contributed by atoms with Gasteiger partial charge in [-0.25, -0.2) is 19.5 Å². The Hall–Kier alpha value is -3.06. The smallest absolute Gasteiger partial charge is 0.217 e. The van der Waals surface area contributed by atoms with Gasteiger partial charge in [0.25, 0.3) is 0 Å². The molecular weight excluding hydrogens is 370 g/mol. The van der Waals surface area contributed by atoms with Crippen LogP contribution < -0.4 is 4.74 Å². The molecule has 6 nitrogen and oxygen atoms in total. The number of fused-ring (bicyclic) bond motifs is 7. The molecule has 28 heavy (non-hydrogen) atoms. The zero-order valence-electron chi connectivity index (χ0n) is 15.5. The van der Waals surface area contributed by atoms with Crippen molar-refractivity contribution in [2.45, 2.75) is 20.3 Å². The van der Waals surface area contributed by atoms with E-state index in [2.05, 4.69) is 36.1 Å². The Kier molecular flexibility index (Phi) is 3.12. The van der Waals surface area contributed by atoms with E-state index in [9.17, 15) is 0 Å². The summed E-state index contributed by atoms with van der Waals surface area (Å²) in [4.78, 5) is 14.2. The number of pyridine rings is 1. The van der Waals surface area contributed by atoms with Crippen molar-refractivity contribution < 1.29 is 4.74 Å². The minimum absolute atomic E-state index is 0.0586. The lowest BCUT2D eigenvalue weighted by Crippen LogP contribution is -2.29. The van der Waals surface area contributed by atoms with E-state index < -0.39 is 0 Å². The highest BCUT2D eigenvalue weighted by molar-refractivity contribution is 7.27. The minimum Gasteiger partial charge on any atom is -0.477 e. The molecule has 138 valence electrons. The molecule has 0 bridgehead atoms. The van der Waals surface area contributed by atoms with Crippen LogP contribution in [-0.2, 0) is 6.42 Å². The van der Waals surface area contributed by atoms with E-state index in [0.717, 1.165) is 55.1 Å². The van der Waals surface area contributed by atoms with Crippen molar-refractivity contribution in [3.63, 3.8) is 0 Å². The van der Waals surface area contributed by atoms with Crippen molar-refractivity contribution in [1.29, 1.82) is 0 Å². The summed E-state index contributed by atoms with van der Waals surface area (Å²) in [5.41, 5.74) is 5.01. The van der Waals surface area contributed by atoms with Crippen LogP contribution in [0.5, 0.6) is 5.88 Å². The third-order valence-electron chi connectivity index (χ3n) is 5.25. The van der Waals surface area contributed by atoms with Crippen LogP contribution in [0.15, 0.2) is 43.0 Å². The number of hydrogen-bond acceptors (Lipinski definition) is 6. The van der Waals surface area contributed by atoms with Crippen molar-refractivity contribution in [1.82, 2.24) is 24.6 Å². The van der Waals surface area contributed by atoms with Crippen molar-refractivity contribution in [2.75, 3.05) is 6.61 Å². The highest BCUT2D eigenvalue weighted by Crippen LogP contribution is 2.46. The maximum atomic E-state index is 6.13. The van der Waals surface area contributed by atoms with Crippen LogP contribution in [0.25, 0.3) is 37.2 Å². The van der Waals surface area contributed by atoms with Crippen LogP contribution in [0.4, 0.5) is 0 Å². The molecule has 0 N–H and O–H groups in total. The molecule has 0 atom stereocenters. The number of thiophene rings is 1. The molecule has 0 saturated carbocycles. The molecule has 0 radical (unpaired) electrons. The second-order valence-electron chi connectivity index (χ2n) is 8.00. The topological polar surface area (TPSA) is 65.2 Å². The third kappa shape index (κ3) is 2.19. The molecule has 5 aromatic rings. The van der Waals surface area contributed by atoms with Gasteiger partial charge in [0.2, 0.25) is 5.88 Å². The van der Waals surface area contributed by atoms with E-state index in [1.54, 1.807) is 28.5 Å². The number of rotatable bonds is 1. The molecule has 4 aromatic heterocycles. The summed E-state index contributed by atoms with van der Waals surface area (Å²) in [5, 5.41) is 5.38. The highest BCUT2D eigenvalue weighted by Gasteiger charge is 2.32. The summed E-state index contributed by atoms with van der Waals surface area (Å²) >= 11 is 1.69. The first-order valence-corrected chi connectivity index (χ1v) is 10.0. The third-order valence-corrected chi connectivity index (χ3v) is 6.43. The van der Waals surface area contributed by atoms with Gasteiger partial charge in [-0.15, -0.1) is 11.3 Å². The quantitative estimate of drug-likeness (QED) is 0.423. The van der Waals surface area contributed by atoms with Gasteiger partial charge in [-0.3, -0.25) is 0 Å². The number of nitrogens with zero attached hydrogens (tertiary/aromatic N) is 5. The van der Waals surface area contributed by atoms with Crippen molar-refractivity contribution in [3.8, 4) is 17.1 Å². The van der Waals surface area contributed by atoms with Crippen molar-refractivity contribution in [3.05, 3.63) is 48.5 Å². The second kappa shape index (κ2) is 5.48. The molecule has 7 heteroatoms.